The van der Waals surface area contributed by atoms with Crippen LogP contribution in [0.15, 0.2) is 29.3 Å². The Morgan fingerprint density at radius 2 is 2.19 bits per heavy atom. The Morgan fingerprint density at radius 1 is 1.25 bits per heavy atom. The minimum atomic E-state index is 0.794. The van der Waals surface area contributed by atoms with Gasteiger partial charge in [-0.1, -0.05) is 30.2 Å². The zero-order valence-corrected chi connectivity index (χ0v) is 10.1. The predicted octanol–water partition coefficient (Wildman–Crippen LogP) is 3.40. The second kappa shape index (κ2) is 5.90. The van der Waals surface area contributed by atoms with Gasteiger partial charge < -0.3 is 5.32 Å². The molecule has 1 aromatic rings. The highest BCUT2D eigenvalue weighted by atomic mass is 35.5. The second-order valence-electron chi connectivity index (χ2n) is 4.12. The topological polar surface area (TPSA) is 24.4 Å². The van der Waals surface area contributed by atoms with E-state index in [1.165, 1.54) is 24.8 Å². The van der Waals surface area contributed by atoms with Gasteiger partial charge in [0.25, 0.3) is 0 Å². The van der Waals surface area contributed by atoms with Crippen LogP contribution in [-0.2, 0) is 6.54 Å². The molecule has 0 saturated carbocycles. The molecule has 1 aliphatic rings. The Kier molecular flexibility index (Phi) is 4.23. The number of hydrogen-bond acceptors (Lipinski definition) is 2. The fourth-order valence-corrected chi connectivity index (χ4v) is 2.08. The van der Waals surface area contributed by atoms with Crippen LogP contribution >= 0.6 is 11.6 Å². The maximum absolute atomic E-state index is 5.93. The molecular weight excluding hydrogens is 220 g/mol. The molecular formula is C13H17ClN2. The lowest BCUT2D eigenvalue weighted by Gasteiger charge is -2.08. The zero-order chi connectivity index (χ0) is 11.2. The first-order chi connectivity index (χ1) is 7.84. The van der Waals surface area contributed by atoms with Gasteiger partial charge in [-0.15, -0.1) is 0 Å². The first-order valence-electron chi connectivity index (χ1n) is 5.86. The van der Waals surface area contributed by atoms with Crippen molar-refractivity contribution in [2.75, 3.05) is 6.54 Å². The lowest BCUT2D eigenvalue weighted by molar-refractivity contribution is 0.728. The first-order valence-corrected chi connectivity index (χ1v) is 6.24. The van der Waals surface area contributed by atoms with Gasteiger partial charge >= 0.3 is 0 Å². The molecule has 0 bridgehead atoms. The van der Waals surface area contributed by atoms with Gasteiger partial charge in [-0.3, -0.25) is 4.99 Å². The third-order valence-electron chi connectivity index (χ3n) is 2.76. The molecule has 1 aromatic carbocycles. The molecule has 2 rings (SSSR count). The van der Waals surface area contributed by atoms with Crippen molar-refractivity contribution in [3.8, 4) is 0 Å². The first kappa shape index (κ1) is 11.5. The van der Waals surface area contributed by atoms with Gasteiger partial charge in [0, 0.05) is 24.5 Å². The number of hydrogen-bond donors (Lipinski definition) is 1. The van der Waals surface area contributed by atoms with E-state index in [2.05, 4.69) is 16.4 Å². The molecule has 0 spiro atoms. The molecule has 16 heavy (non-hydrogen) atoms. The van der Waals surface area contributed by atoms with Crippen LogP contribution in [0.4, 0.5) is 0 Å². The number of amidine groups is 1. The molecule has 86 valence electrons. The molecule has 1 heterocycles. The van der Waals surface area contributed by atoms with Crippen LogP contribution in [0.1, 0.15) is 31.2 Å². The normalized spacial score (nSPS) is 16.4. The van der Waals surface area contributed by atoms with Gasteiger partial charge in [-0.2, -0.15) is 0 Å². The zero-order valence-electron chi connectivity index (χ0n) is 9.38. The van der Waals surface area contributed by atoms with Gasteiger partial charge in [0.15, 0.2) is 0 Å². The summed E-state index contributed by atoms with van der Waals surface area (Å²) in [7, 11) is 0. The van der Waals surface area contributed by atoms with E-state index in [4.69, 9.17) is 11.6 Å². The number of nitrogens with one attached hydrogen (secondary N) is 1. The molecule has 0 fully saturated rings. The number of rotatable bonds is 2. The third-order valence-corrected chi connectivity index (χ3v) is 3.00. The quantitative estimate of drug-likeness (QED) is 0.836. The van der Waals surface area contributed by atoms with Crippen LogP contribution in [0.2, 0.25) is 5.02 Å². The summed E-state index contributed by atoms with van der Waals surface area (Å²) < 4.78 is 0. The Hall–Kier alpha value is -1.02. The molecule has 0 aromatic heterocycles. The van der Waals surface area contributed by atoms with E-state index in [0.717, 1.165) is 30.4 Å². The van der Waals surface area contributed by atoms with E-state index >= 15 is 0 Å². The van der Waals surface area contributed by atoms with Crippen molar-refractivity contribution in [1.82, 2.24) is 5.32 Å². The van der Waals surface area contributed by atoms with Gasteiger partial charge in [0.2, 0.25) is 0 Å². The summed E-state index contributed by atoms with van der Waals surface area (Å²) in [5.41, 5.74) is 1.21. The van der Waals surface area contributed by atoms with Crippen LogP contribution in [-0.4, -0.2) is 12.4 Å². The lowest BCUT2D eigenvalue weighted by atomic mass is 10.2. The standard InChI is InChI=1S/C13H17ClN2/c14-12-6-4-5-11(9-12)10-16-13-7-2-1-3-8-15-13/h4-6,9H,1-3,7-8,10H2,(H,15,16). The number of nitrogens with zero attached hydrogens (tertiary/aromatic N) is 1. The maximum atomic E-state index is 5.93. The highest BCUT2D eigenvalue weighted by molar-refractivity contribution is 6.30. The van der Waals surface area contributed by atoms with Crippen molar-refractivity contribution >= 4 is 17.4 Å². The van der Waals surface area contributed by atoms with Gasteiger partial charge in [0.1, 0.15) is 0 Å². The minimum Gasteiger partial charge on any atom is -0.370 e. The number of aliphatic imine (C=N–C) groups is 1. The summed E-state index contributed by atoms with van der Waals surface area (Å²) in [4.78, 5) is 4.53. The van der Waals surface area contributed by atoms with Crippen molar-refractivity contribution in [3.05, 3.63) is 34.9 Å². The van der Waals surface area contributed by atoms with Crippen LogP contribution in [0.5, 0.6) is 0 Å². The van der Waals surface area contributed by atoms with Crippen LogP contribution in [0, 0.1) is 0 Å². The van der Waals surface area contributed by atoms with Gasteiger partial charge in [-0.05, 0) is 30.5 Å². The molecule has 2 nitrogen and oxygen atoms in total. The highest BCUT2D eigenvalue weighted by Gasteiger charge is 2.03. The van der Waals surface area contributed by atoms with Crippen LogP contribution < -0.4 is 5.32 Å². The summed E-state index contributed by atoms with van der Waals surface area (Å²) in [5.74, 6) is 1.15. The van der Waals surface area contributed by atoms with Crippen LogP contribution in [0.3, 0.4) is 0 Å². The maximum Gasteiger partial charge on any atom is 0.0965 e. The fraction of sp³-hybridized carbons (Fsp3) is 0.462. The van der Waals surface area contributed by atoms with Crippen molar-refractivity contribution in [1.29, 1.82) is 0 Å². The molecule has 3 heteroatoms. The van der Waals surface area contributed by atoms with E-state index < -0.39 is 0 Å². The average molecular weight is 237 g/mol. The monoisotopic (exact) mass is 236 g/mol. The summed E-state index contributed by atoms with van der Waals surface area (Å²) in [6, 6.07) is 7.95. The molecule has 0 unspecified atom stereocenters. The SMILES string of the molecule is Clc1cccc(CNC2=NCCCCC2)c1. The predicted molar refractivity (Wildman–Crippen MR) is 69.1 cm³/mol. The Bertz CT molecular complexity index is 374. The van der Waals surface area contributed by atoms with Crippen molar-refractivity contribution in [2.24, 2.45) is 4.99 Å². The van der Waals surface area contributed by atoms with Crippen molar-refractivity contribution in [2.45, 2.75) is 32.2 Å². The van der Waals surface area contributed by atoms with Gasteiger partial charge in [0.05, 0.1) is 5.84 Å². The van der Waals surface area contributed by atoms with E-state index in [9.17, 15) is 0 Å². The molecule has 0 radical (unpaired) electrons. The third kappa shape index (κ3) is 3.53. The van der Waals surface area contributed by atoms with Crippen molar-refractivity contribution < 1.29 is 0 Å². The number of halogens is 1. The Labute approximate surface area is 102 Å². The summed E-state index contributed by atoms with van der Waals surface area (Å²) in [6.07, 6.45) is 4.86. The van der Waals surface area contributed by atoms with E-state index in [1.54, 1.807) is 0 Å². The Balaban J connectivity index is 1.89. The molecule has 0 amide bonds. The van der Waals surface area contributed by atoms with Gasteiger partial charge in [-0.25, -0.2) is 0 Å². The summed E-state index contributed by atoms with van der Waals surface area (Å²) in [6.45, 7) is 1.79. The minimum absolute atomic E-state index is 0.794. The smallest absolute Gasteiger partial charge is 0.0965 e. The second-order valence-corrected chi connectivity index (χ2v) is 4.56. The van der Waals surface area contributed by atoms with E-state index in [-0.39, 0.29) is 0 Å². The fourth-order valence-electron chi connectivity index (χ4n) is 1.87. The molecule has 0 aliphatic carbocycles. The molecule has 1 N–H and O–H groups in total. The van der Waals surface area contributed by atoms with Crippen molar-refractivity contribution in [3.63, 3.8) is 0 Å². The lowest BCUT2D eigenvalue weighted by Crippen LogP contribution is -2.22. The molecule has 1 aliphatic heterocycles. The largest absolute Gasteiger partial charge is 0.370 e. The molecule has 0 saturated heterocycles. The Morgan fingerprint density at radius 3 is 3.06 bits per heavy atom. The summed E-state index contributed by atoms with van der Waals surface area (Å²) >= 11 is 5.93. The summed E-state index contributed by atoms with van der Waals surface area (Å²) in [5, 5.41) is 4.19. The molecule has 0 atom stereocenters. The number of benzene rings is 1. The highest BCUT2D eigenvalue weighted by Crippen LogP contribution is 2.11. The van der Waals surface area contributed by atoms with E-state index in [1.807, 2.05) is 18.2 Å². The average Bonchev–Trinajstić information content (AvgIpc) is 2.55. The van der Waals surface area contributed by atoms with Crippen LogP contribution in [0.25, 0.3) is 0 Å². The van der Waals surface area contributed by atoms with E-state index in [0.29, 0.717) is 0 Å².